The van der Waals surface area contributed by atoms with Crippen LogP contribution in [0.1, 0.15) is 5.56 Å². The maximum Gasteiger partial charge on any atom is 0.208 e. The van der Waals surface area contributed by atoms with Gasteiger partial charge >= 0.3 is 0 Å². The van der Waals surface area contributed by atoms with E-state index in [1.54, 1.807) is 11.3 Å². The Labute approximate surface area is 124 Å². The second-order valence-electron chi connectivity index (χ2n) is 5.74. The van der Waals surface area contributed by atoms with Crippen molar-refractivity contribution in [2.45, 2.75) is 12.6 Å². The number of nitrogens with zero attached hydrogens (tertiary/aromatic N) is 1. The highest BCUT2D eigenvalue weighted by Gasteiger charge is 2.43. The minimum absolute atomic E-state index is 0.264. The highest BCUT2D eigenvalue weighted by Crippen LogP contribution is 2.34. The van der Waals surface area contributed by atoms with E-state index in [4.69, 9.17) is 4.74 Å². The van der Waals surface area contributed by atoms with Crippen LogP contribution in [0.5, 0.6) is 0 Å². The van der Waals surface area contributed by atoms with Gasteiger partial charge in [-0.2, -0.15) is 11.3 Å². The summed E-state index contributed by atoms with van der Waals surface area (Å²) in [6.07, 6.45) is 1.47. The largest absolute Gasteiger partial charge is 0.376 e. The maximum atomic E-state index is 11.2. The topological polar surface area (TPSA) is 58.6 Å². The lowest BCUT2D eigenvalue weighted by molar-refractivity contribution is 0.0942. The van der Waals surface area contributed by atoms with Gasteiger partial charge < -0.3 is 4.74 Å². The van der Waals surface area contributed by atoms with Gasteiger partial charge in [0.05, 0.1) is 19.0 Å². The van der Waals surface area contributed by atoms with Crippen molar-refractivity contribution >= 4 is 21.4 Å². The van der Waals surface area contributed by atoms with Gasteiger partial charge in [-0.05, 0) is 22.4 Å². The van der Waals surface area contributed by atoms with Crippen LogP contribution in [0.15, 0.2) is 16.8 Å². The fraction of sp³-hybridized carbons (Fsp3) is 0.692. The molecule has 0 spiro atoms. The van der Waals surface area contributed by atoms with E-state index in [1.807, 2.05) is 0 Å². The number of hydrogen-bond acceptors (Lipinski definition) is 5. The number of fused-ring (bicyclic) bond motifs is 1. The number of nitrogens with one attached hydrogen (secondary N) is 1. The van der Waals surface area contributed by atoms with Gasteiger partial charge in [0, 0.05) is 38.0 Å². The molecule has 5 nitrogen and oxygen atoms in total. The summed E-state index contributed by atoms with van der Waals surface area (Å²) < 4.78 is 30.8. The van der Waals surface area contributed by atoms with Crippen LogP contribution in [0.3, 0.4) is 0 Å². The van der Waals surface area contributed by atoms with Crippen LogP contribution in [0.4, 0.5) is 0 Å². The van der Waals surface area contributed by atoms with Gasteiger partial charge in [0.2, 0.25) is 10.0 Å². The number of thiophene rings is 1. The molecule has 20 heavy (non-hydrogen) atoms. The Morgan fingerprint density at radius 1 is 1.50 bits per heavy atom. The summed E-state index contributed by atoms with van der Waals surface area (Å²) in [5, 5.41) is 4.28. The molecule has 7 heteroatoms. The fourth-order valence-electron chi connectivity index (χ4n) is 3.12. The van der Waals surface area contributed by atoms with Crippen molar-refractivity contribution in [2.75, 3.05) is 32.5 Å². The second kappa shape index (κ2) is 5.73. The first kappa shape index (κ1) is 14.5. The minimum atomic E-state index is -3.11. The molecule has 0 bridgehead atoms. The molecular formula is C13H20N2O3S2. The molecule has 2 fully saturated rings. The van der Waals surface area contributed by atoms with E-state index in [2.05, 4.69) is 26.4 Å². The zero-order chi connectivity index (χ0) is 14.2. The number of rotatable bonds is 5. The van der Waals surface area contributed by atoms with Gasteiger partial charge in [-0.3, -0.25) is 4.90 Å². The lowest BCUT2D eigenvalue weighted by Gasteiger charge is -2.19. The second-order valence-corrected chi connectivity index (χ2v) is 8.36. The Balaban J connectivity index is 1.55. The number of sulfonamides is 1. The Morgan fingerprint density at radius 2 is 2.35 bits per heavy atom. The van der Waals surface area contributed by atoms with Crippen LogP contribution in [-0.2, 0) is 21.3 Å². The molecule has 1 aromatic rings. The molecule has 2 aliphatic rings. The first-order valence-electron chi connectivity index (χ1n) is 6.81. The molecule has 0 amide bonds. The molecule has 2 aliphatic heterocycles. The summed E-state index contributed by atoms with van der Waals surface area (Å²) in [4.78, 5) is 2.41. The third-order valence-electron chi connectivity index (χ3n) is 4.11. The smallest absolute Gasteiger partial charge is 0.208 e. The van der Waals surface area contributed by atoms with Crippen LogP contribution < -0.4 is 4.72 Å². The summed E-state index contributed by atoms with van der Waals surface area (Å²) in [5.74, 6) is 0.741. The van der Waals surface area contributed by atoms with Crippen LogP contribution >= 0.6 is 11.3 Å². The Bertz CT molecular complexity index is 544. The highest BCUT2D eigenvalue weighted by atomic mass is 32.2. The van der Waals surface area contributed by atoms with E-state index < -0.39 is 10.0 Å². The first-order valence-corrected chi connectivity index (χ1v) is 9.64. The van der Waals surface area contributed by atoms with Crippen molar-refractivity contribution in [1.82, 2.24) is 9.62 Å². The third-order valence-corrected chi connectivity index (χ3v) is 5.53. The molecule has 0 radical (unpaired) electrons. The summed E-state index contributed by atoms with van der Waals surface area (Å²) in [6, 6.07) is 2.16. The van der Waals surface area contributed by atoms with Gasteiger partial charge in [0.15, 0.2) is 0 Å². The van der Waals surface area contributed by atoms with Crippen molar-refractivity contribution in [3.63, 3.8) is 0 Å². The van der Waals surface area contributed by atoms with Crippen LogP contribution in [0.2, 0.25) is 0 Å². The monoisotopic (exact) mass is 316 g/mol. The molecule has 1 aromatic heterocycles. The Hall–Kier alpha value is -0.470. The zero-order valence-corrected chi connectivity index (χ0v) is 13.1. The van der Waals surface area contributed by atoms with Crippen LogP contribution in [0.25, 0.3) is 0 Å². The van der Waals surface area contributed by atoms with Gasteiger partial charge in [-0.15, -0.1) is 0 Å². The van der Waals surface area contributed by atoms with Crippen LogP contribution in [0, 0.1) is 11.8 Å². The molecular weight excluding hydrogens is 296 g/mol. The highest BCUT2D eigenvalue weighted by molar-refractivity contribution is 7.88. The third kappa shape index (κ3) is 3.40. The van der Waals surface area contributed by atoms with Gasteiger partial charge in [0.1, 0.15) is 0 Å². The van der Waals surface area contributed by atoms with E-state index in [9.17, 15) is 8.42 Å². The van der Waals surface area contributed by atoms with Crippen molar-refractivity contribution in [2.24, 2.45) is 11.8 Å². The van der Waals surface area contributed by atoms with E-state index in [1.165, 1.54) is 11.8 Å². The molecule has 3 rings (SSSR count). The summed E-state index contributed by atoms with van der Waals surface area (Å²) in [7, 11) is -3.11. The number of ether oxygens (including phenoxy) is 1. The molecule has 1 N–H and O–H groups in total. The van der Waals surface area contributed by atoms with E-state index in [-0.39, 0.29) is 6.10 Å². The van der Waals surface area contributed by atoms with Crippen LogP contribution in [-0.4, -0.2) is 51.9 Å². The molecule has 3 heterocycles. The molecule has 0 aromatic carbocycles. The predicted molar refractivity (Wildman–Crippen MR) is 79.2 cm³/mol. The molecule has 0 aliphatic carbocycles. The number of hydrogen-bond donors (Lipinski definition) is 1. The molecule has 0 unspecified atom stereocenters. The summed E-state index contributed by atoms with van der Waals surface area (Å²) in [6.45, 7) is 4.08. The SMILES string of the molecule is CS(=O)(=O)NC[C@H]1CO[C@@H]2CN(Cc3ccsc3)C[C@H]12. The lowest BCUT2D eigenvalue weighted by atomic mass is 9.93. The van der Waals surface area contributed by atoms with Crippen molar-refractivity contribution in [1.29, 1.82) is 0 Å². The standard InChI is InChI=1S/C13H20N2O3S2/c1-20(16,17)14-4-11-8-18-13-7-15(6-12(11)13)5-10-2-3-19-9-10/h2-3,9,11-14H,4-8H2,1H3/t11-,12+,13+/m0/s1. The quantitative estimate of drug-likeness (QED) is 0.871. The van der Waals surface area contributed by atoms with Gasteiger partial charge in [0.25, 0.3) is 0 Å². The molecule has 112 valence electrons. The fourth-order valence-corrected chi connectivity index (χ4v) is 4.30. The summed E-state index contributed by atoms with van der Waals surface area (Å²) in [5.41, 5.74) is 1.35. The van der Waals surface area contributed by atoms with Crippen molar-refractivity contribution < 1.29 is 13.2 Å². The molecule has 2 saturated heterocycles. The van der Waals surface area contributed by atoms with Gasteiger partial charge in [-0.1, -0.05) is 0 Å². The van der Waals surface area contributed by atoms with Crippen molar-refractivity contribution in [3.8, 4) is 0 Å². The van der Waals surface area contributed by atoms with E-state index in [0.29, 0.717) is 25.0 Å². The maximum absolute atomic E-state index is 11.2. The summed E-state index contributed by atoms with van der Waals surface area (Å²) >= 11 is 1.72. The van der Waals surface area contributed by atoms with Gasteiger partial charge in [-0.25, -0.2) is 13.1 Å². The first-order chi connectivity index (χ1) is 9.51. The molecule has 0 saturated carbocycles. The minimum Gasteiger partial charge on any atom is -0.376 e. The molecule has 3 atom stereocenters. The Morgan fingerprint density at radius 3 is 3.05 bits per heavy atom. The van der Waals surface area contributed by atoms with Crippen molar-refractivity contribution in [3.05, 3.63) is 22.4 Å². The average Bonchev–Trinajstić information content (AvgIpc) is 3.03. The van der Waals surface area contributed by atoms with E-state index >= 15 is 0 Å². The zero-order valence-electron chi connectivity index (χ0n) is 11.5. The number of likely N-dealkylation sites (tertiary alicyclic amines) is 1. The van der Waals surface area contributed by atoms with E-state index in [0.717, 1.165) is 19.6 Å². The predicted octanol–water partition coefficient (Wildman–Crippen LogP) is 0.744. The normalized spacial score (nSPS) is 30.8. The average molecular weight is 316 g/mol. The lowest BCUT2D eigenvalue weighted by Crippen LogP contribution is -2.33. The Kier molecular flexibility index (Phi) is 4.14.